The highest BCUT2D eigenvalue weighted by Gasteiger charge is 2.29. The van der Waals surface area contributed by atoms with Gasteiger partial charge in [-0.1, -0.05) is 53.2 Å². The number of anilines is 1. The van der Waals surface area contributed by atoms with Gasteiger partial charge < -0.3 is 9.64 Å². The second-order valence-corrected chi connectivity index (χ2v) is 9.18. The molecule has 1 aliphatic rings. The summed E-state index contributed by atoms with van der Waals surface area (Å²) in [4.78, 5) is 16.7. The first-order valence-corrected chi connectivity index (χ1v) is 11.5. The number of carbonyl (C=O) groups is 1. The molecule has 1 amide bonds. The first-order valence-electron chi connectivity index (χ1n) is 9.51. The van der Waals surface area contributed by atoms with Crippen LogP contribution in [-0.4, -0.2) is 35.3 Å². The summed E-state index contributed by atoms with van der Waals surface area (Å²) in [5.41, 5.74) is 2.70. The molecule has 0 radical (unpaired) electrons. The summed E-state index contributed by atoms with van der Waals surface area (Å²) in [6, 6.07) is 11.3. The van der Waals surface area contributed by atoms with Crippen molar-refractivity contribution in [2.24, 2.45) is 0 Å². The van der Waals surface area contributed by atoms with Gasteiger partial charge >= 0.3 is 0 Å². The number of benzene rings is 2. The van der Waals surface area contributed by atoms with Gasteiger partial charge in [-0.3, -0.25) is 9.69 Å². The third-order valence-corrected chi connectivity index (χ3v) is 6.87. The lowest BCUT2D eigenvalue weighted by molar-refractivity contribution is -0.121. The van der Waals surface area contributed by atoms with E-state index in [4.69, 9.17) is 40.2 Å². The zero-order valence-corrected chi connectivity index (χ0v) is 20.1. The first-order chi connectivity index (χ1) is 14.3. The molecule has 1 fully saturated rings. The summed E-state index contributed by atoms with van der Waals surface area (Å²) in [6.07, 6.45) is 1.83. The summed E-state index contributed by atoms with van der Waals surface area (Å²) in [6.45, 7) is 6.27. The number of rotatable bonds is 7. The van der Waals surface area contributed by atoms with Crippen LogP contribution in [-0.2, 0) is 11.4 Å². The second-order valence-electron chi connectivity index (χ2n) is 6.66. The Bertz CT molecular complexity index is 1010. The van der Waals surface area contributed by atoms with Crippen molar-refractivity contribution < 1.29 is 9.53 Å². The number of ether oxygens (including phenoxy) is 1. The van der Waals surface area contributed by atoms with Crippen LogP contribution in [0.15, 0.2) is 41.3 Å². The minimum atomic E-state index is -0.107. The summed E-state index contributed by atoms with van der Waals surface area (Å²) in [7, 11) is 1.68. The monoisotopic (exact) mass is 480 g/mol. The van der Waals surface area contributed by atoms with Gasteiger partial charge in [0, 0.05) is 53.1 Å². The summed E-state index contributed by atoms with van der Waals surface area (Å²) in [5, 5.41) is 1.13. The van der Waals surface area contributed by atoms with E-state index in [0.29, 0.717) is 25.0 Å². The molecule has 1 aliphatic heterocycles. The maximum atomic E-state index is 12.4. The Labute approximate surface area is 196 Å². The highest BCUT2D eigenvalue weighted by Crippen LogP contribution is 2.35. The van der Waals surface area contributed by atoms with Crippen LogP contribution in [0.1, 0.15) is 25.0 Å². The first kappa shape index (κ1) is 22.9. The maximum absolute atomic E-state index is 12.4. The predicted molar refractivity (Wildman–Crippen MR) is 132 cm³/mol. The fourth-order valence-electron chi connectivity index (χ4n) is 3.03. The highest BCUT2D eigenvalue weighted by molar-refractivity contribution is 8.26. The molecule has 0 aliphatic carbocycles. The Morgan fingerprint density at radius 2 is 1.90 bits per heavy atom. The van der Waals surface area contributed by atoms with E-state index in [0.717, 1.165) is 29.9 Å². The third-order valence-electron chi connectivity index (χ3n) is 4.80. The van der Waals surface area contributed by atoms with E-state index in [2.05, 4.69) is 18.7 Å². The van der Waals surface area contributed by atoms with Crippen molar-refractivity contribution >= 4 is 69.2 Å². The van der Waals surface area contributed by atoms with E-state index < -0.39 is 0 Å². The number of thiocarbonyl (C=S) groups is 1. The molecule has 8 heteroatoms. The zero-order chi connectivity index (χ0) is 21.8. The summed E-state index contributed by atoms with van der Waals surface area (Å²) >= 11 is 18.8. The van der Waals surface area contributed by atoms with Crippen LogP contribution < -0.4 is 9.64 Å². The lowest BCUT2D eigenvalue weighted by Crippen LogP contribution is -2.22. The van der Waals surface area contributed by atoms with Crippen LogP contribution in [0.2, 0.25) is 10.0 Å². The zero-order valence-electron chi connectivity index (χ0n) is 16.9. The largest absolute Gasteiger partial charge is 0.488 e. The standard InChI is InChI=1S/C22H22Cl2N2O2S2/c1-4-26(5-2)17-9-7-14(10-20-21(27)25(3)22(29)30-20)19(12-17)28-13-15-6-8-16(23)11-18(15)24/h6-12H,4-5,13H2,1-3H3/b20-10+. The Morgan fingerprint density at radius 3 is 2.50 bits per heavy atom. The molecular weight excluding hydrogens is 459 g/mol. The van der Waals surface area contributed by atoms with Crippen LogP contribution in [0.5, 0.6) is 5.75 Å². The van der Waals surface area contributed by atoms with Crippen LogP contribution in [0.4, 0.5) is 5.69 Å². The van der Waals surface area contributed by atoms with E-state index in [1.165, 1.54) is 16.7 Å². The predicted octanol–water partition coefficient (Wildman–Crippen LogP) is 6.25. The molecule has 1 saturated heterocycles. The van der Waals surface area contributed by atoms with Crippen LogP contribution in [0.3, 0.4) is 0 Å². The molecule has 0 N–H and O–H groups in total. The molecule has 0 atom stereocenters. The van der Waals surface area contributed by atoms with E-state index in [1.54, 1.807) is 19.2 Å². The second kappa shape index (κ2) is 10.1. The Kier molecular flexibility index (Phi) is 7.69. The van der Waals surface area contributed by atoms with Gasteiger partial charge in [0.15, 0.2) is 0 Å². The molecule has 0 bridgehead atoms. The lowest BCUT2D eigenvalue weighted by Gasteiger charge is -2.22. The lowest BCUT2D eigenvalue weighted by atomic mass is 10.1. The highest BCUT2D eigenvalue weighted by atomic mass is 35.5. The fourth-order valence-corrected chi connectivity index (χ4v) is 4.67. The van der Waals surface area contributed by atoms with Crippen LogP contribution >= 0.6 is 47.2 Å². The average molecular weight is 481 g/mol. The van der Waals surface area contributed by atoms with Crippen molar-refractivity contribution in [3.8, 4) is 5.75 Å². The van der Waals surface area contributed by atoms with Crippen molar-refractivity contribution in [2.75, 3.05) is 25.0 Å². The number of hydrogen-bond donors (Lipinski definition) is 0. The third kappa shape index (κ3) is 5.11. The van der Waals surface area contributed by atoms with Crippen molar-refractivity contribution in [1.29, 1.82) is 0 Å². The van der Waals surface area contributed by atoms with Gasteiger partial charge in [-0.15, -0.1) is 0 Å². The van der Waals surface area contributed by atoms with Gasteiger partial charge in [0.25, 0.3) is 5.91 Å². The van der Waals surface area contributed by atoms with Crippen molar-refractivity contribution in [3.05, 3.63) is 62.5 Å². The normalized spacial score (nSPS) is 15.2. The van der Waals surface area contributed by atoms with E-state index in [9.17, 15) is 4.79 Å². The molecule has 0 unspecified atom stereocenters. The van der Waals surface area contributed by atoms with Crippen molar-refractivity contribution in [1.82, 2.24) is 4.90 Å². The molecule has 30 heavy (non-hydrogen) atoms. The molecule has 0 saturated carbocycles. The minimum Gasteiger partial charge on any atom is -0.488 e. The Morgan fingerprint density at radius 1 is 1.17 bits per heavy atom. The number of nitrogens with zero attached hydrogens (tertiary/aromatic N) is 2. The van der Waals surface area contributed by atoms with E-state index in [-0.39, 0.29) is 12.5 Å². The minimum absolute atomic E-state index is 0.107. The molecular formula is C22H22Cl2N2O2S2. The number of likely N-dealkylation sites (N-methyl/N-ethyl adjacent to an activating group) is 1. The molecule has 2 aromatic carbocycles. The van der Waals surface area contributed by atoms with Gasteiger partial charge in [-0.05, 0) is 44.2 Å². The maximum Gasteiger partial charge on any atom is 0.265 e. The van der Waals surface area contributed by atoms with E-state index >= 15 is 0 Å². The molecule has 4 nitrogen and oxygen atoms in total. The van der Waals surface area contributed by atoms with Crippen molar-refractivity contribution in [3.63, 3.8) is 0 Å². The van der Waals surface area contributed by atoms with Gasteiger partial charge in [-0.2, -0.15) is 0 Å². The SMILES string of the molecule is CCN(CC)c1ccc(/C=C2/SC(=S)N(C)C2=O)c(OCc2ccc(Cl)cc2Cl)c1. The number of halogens is 2. The number of carbonyl (C=O) groups excluding carboxylic acids is 1. The molecule has 0 aromatic heterocycles. The molecule has 3 rings (SSSR count). The topological polar surface area (TPSA) is 32.8 Å². The van der Waals surface area contributed by atoms with Gasteiger partial charge in [0.05, 0.1) is 4.91 Å². The number of thioether (sulfide) groups is 1. The quantitative estimate of drug-likeness (QED) is 0.345. The molecule has 1 heterocycles. The molecule has 158 valence electrons. The summed E-state index contributed by atoms with van der Waals surface area (Å²) in [5.74, 6) is 0.566. The van der Waals surface area contributed by atoms with Gasteiger partial charge in [0.2, 0.25) is 0 Å². The Balaban J connectivity index is 1.95. The average Bonchev–Trinajstić information content (AvgIpc) is 2.96. The fraction of sp³-hybridized carbons (Fsp3) is 0.273. The van der Waals surface area contributed by atoms with Crippen LogP contribution in [0.25, 0.3) is 6.08 Å². The number of hydrogen-bond acceptors (Lipinski definition) is 5. The summed E-state index contributed by atoms with van der Waals surface area (Å²) < 4.78 is 6.70. The smallest absolute Gasteiger partial charge is 0.265 e. The number of amides is 1. The van der Waals surface area contributed by atoms with Gasteiger partial charge in [-0.25, -0.2) is 0 Å². The van der Waals surface area contributed by atoms with Gasteiger partial charge in [0.1, 0.15) is 16.7 Å². The van der Waals surface area contributed by atoms with Crippen molar-refractivity contribution in [2.45, 2.75) is 20.5 Å². The van der Waals surface area contributed by atoms with E-state index in [1.807, 2.05) is 30.3 Å². The van der Waals surface area contributed by atoms with Crippen LogP contribution in [0, 0.1) is 0 Å². The molecule has 0 spiro atoms. The molecule has 2 aromatic rings. The Hall–Kier alpha value is -1.73.